The van der Waals surface area contributed by atoms with Gasteiger partial charge in [-0.05, 0) is 30.7 Å². The van der Waals surface area contributed by atoms with Gasteiger partial charge in [0.15, 0.2) is 0 Å². The van der Waals surface area contributed by atoms with Gasteiger partial charge in [-0.3, -0.25) is 4.98 Å². The van der Waals surface area contributed by atoms with E-state index >= 15 is 0 Å². The Hall–Kier alpha value is -2.44. The maximum Gasteiger partial charge on any atom is 0.274 e. The summed E-state index contributed by atoms with van der Waals surface area (Å²) < 4.78 is 5.86. The van der Waals surface area contributed by atoms with E-state index in [9.17, 15) is 0 Å². The van der Waals surface area contributed by atoms with Crippen LogP contribution in [0.3, 0.4) is 0 Å². The van der Waals surface area contributed by atoms with Crippen molar-refractivity contribution in [2.24, 2.45) is 5.84 Å². The molecule has 23 heavy (non-hydrogen) atoms. The lowest BCUT2D eigenvalue weighted by molar-refractivity contribution is 0.304. The predicted octanol–water partition coefficient (Wildman–Crippen LogP) is 3.40. The quantitative estimate of drug-likeness (QED) is 0.575. The van der Waals surface area contributed by atoms with Crippen LogP contribution >= 0.6 is 11.3 Å². The van der Waals surface area contributed by atoms with E-state index in [2.05, 4.69) is 9.97 Å². The first-order valence-electron chi connectivity index (χ1n) is 7.22. The molecule has 0 unspecified atom stereocenters. The smallest absolute Gasteiger partial charge is 0.274 e. The van der Waals surface area contributed by atoms with Gasteiger partial charge in [0.05, 0.1) is 11.4 Å². The Morgan fingerprint density at radius 2 is 2.04 bits per heavy atom. The number of anilines is 1. The molecule has 2 heterocycles. The largest absolute Gasteiger partial charge is 0.465 e. The summed E-state index contributed by atoms with van der Waals surface area (Å²) in [6, 6.07) is 11.8. The number of nitrogens with zero attached hydrogens (tertiary/aromatic N) is 3. The topological polar surface area (TPSA) is 64.3 Å². The molecule has 0 fully saturated rings. The molecule has 2 aromatic heterocycles. The third-order valence-corrected chi connectivity index (χ3v) is 4.27. The first-order chi connectivity index (χ1) is 11.1. The lowest BCUT2D eigenvalue weighted by Crippen LogP contribution is -2.26. The van der Waals surface area contributed by atoms with Crippen molar-refractivity contribution in [1.82, 2.24) is 9.97 Å². The van der Waals surface area contributed by atoms with Crippen molar-refractivity contribution in [1.29, 1.82) is 0 Å². The van der Waals surface area contributed by atoms with Crippen molar-refractivity contribution >= 4 is 17.0 Å². The minimum atomic E-state index is 0.429. The summed E-state index contributed by atoms with van der Waals surface area (Å²) in [5, 5.41) is 4.18. The third-order valence-electron chi connectivity index (χ3n) is 3.52. The number of nitrogens with two attached hydrogens (primary N) is 1. The molecule has 1 aromatic carbocycles. The molecule has 0 aliphatic rings. The maximum absolute atomic E-state index is 5.89. The third kappa shape index (κ3) is 3.49. The number of aryl methyl sites for hydroxylation is 1. The fraction of sp³-hybridized carbons (Fsp3) is 0.176. The molecule has 0 amide bonds. The van der Waals surface area contributed by atoms with Crippen LogP contribution in [0.25, 0.3) is 11.4 Å². The molecule has 2 N–H and O–H groups in total. The number of ether oxygens (including phenoxy) is 1. The van der Waals surface area contributed by atoms with Gasteiger partial charge in [-0.25, -0.2) is 10.8 Å². The van der Waals surface area contributed by atoms with E-state index in [1.807, 2.05) is 55.7 Å². The molecule has 5 nitrogen and oxygen atoms in total. The summed E-state index contributed by atoms with van der Waals surface area (Å²) in [4.78, 5) is 8.79. The highest BCUT2D eigenvalue weighted by molar-refractivity contribution is 7.11. The standard InChI is InChI=1S/C17H18N4OS/c1-12-6-5-8-16(21(2)18)13(12)10-22-17-20-15(11-23-17)14-7-3-4-9-19-14/h3-9,11H,10,18H2,1-2H3. The summed E-state index contributed by atoms with van der Waals surface area (Å²) in [7, 11) is 1.82. The Labute approximate surface area is 139 Å². The van der Waals surface area contributed by atoms with E-state index in [0.29, 0.717) is 11.8 Å². The number of hydrogen-bond acceptors (Lipinski definition) is 6. The van der Waals surface area contributed by atoms with Crippen molar-refractivity contribution in [3.63, 3.8) is 0 Å². The molecule has 0 atom stereocenters. The Balaban J connectivity index is 1.76. The molecule has 0 saturated carbocycles. The maximum atomic E-state index is 5.89. The van der Waals surface area contributed by atoms with E-state index in [4.69, 9.17) is 10.6 Å². The molecule has 0 radical (unpaired) electrons. The summed E-state index contributed by atoms with van der Waals surface area (Å²) in [5.41, 5.74) is 4.82. The second kappa shape index (κ2) is 6.76. The van der Waals surface area contributed by atoms with Crippen molar-refractivity contribution in [2.45, 2.75) is 13.5 Å². The van der Waals surface area contributed by atoms with Crippen LogP contribution in [0.4, 0.5) is 5.69 Å². The Kier molecular flexibility index (Phi) is 4.55. The van der Waals surface area contributed by atoms with Gasteiger partial charge in [-0.1, -0.05) is 29.5 Å². The molecule has 0 aliphatic heterocycles. The molecular weight excluding hydrogens is 308 g/mol. The number of hydrazine groups is 1. The highest BCUT2D eigenvalue weighted by Crippen LogP contribution is 2.27. The monoisotopic (exact) mass is 326 g/mol. The number of aromatic nitrogens is 2. The van der Waals surface area contributed by atoms with Gasteiger partial charge in [-0.2, -0.15) is 0 Å². The van der Waals surface area contributed by atoms with Crippen LogP contribution in [-0.2, 0) is 6.61 Å². The highest BCUT2D eigenvalue weighted by atomic mass is 32.1. The van der Waals surface area contributed by atoms with Crippen LogP contribution in [0, 0.1) is 6.92 Å². The van der Waals surface area contributed by atoms with Crippen LogP contribution in [-0.4, -0.2) is 17.0 Å². The average Bonchev–Trinajstić information content (AvgIpc) is 3.03. The molecule has 3 rings (SSSR count). The average molecular weight is 326 g/mol. The summed E-state index contributed by atoms with van der Waals surface area (Å²) in [6.45, 7) is 2.48. The number of hydrogen-bond donors (Lipinski definition) is 1. The zero-order valence-corrected chi connectivity index (χ0v) is 13.9. The van der Waals surface area contributed by atoms with Crippen LogP contribution in [0.2, 0.25) is 0 Å². The Morgan fingerprint density at radius 3 is 2.78 bits per heavy atom. The van der Waals surface area contributed by atoms with Crippen LogP contribution in [0.5, 0.6) is 5.19 Å². The van der Waals surface area contributed by atoms with Crippen molar-refractivity contribution in [3.05, 3.63) is 59.1 Å². The van der Waals surface area contributed by atoms with E-state index in [-0.39, 0.29) is 0 Å². The number of pyridine rings is 1. The number of benzene rings is 1. The summed E-state index contributed by atoms with van der Waals surface area (Å²) in [6.07, 6.45) is 1.76. The van der Waals surface area contributed by atoms with Crippen molar-refractivity contribution < 1.29 is 4.74 Å². The molecule has 0 spiro atoms. The number of rotatable bonds is 5. The number of thiazole rings is 1. The minimum Gasteiger partial charge on any atom is -0.465 e. The second-order valence-corrected chi connectivity index (χ2v) is 6.01. The van der Waals surface area contributed by atoms with Gasteiger partial charge in [0.25, 0.3) is 5.19 Å². The molecule has 6 heteroatoms. The van der Waals surface area contributed by atoms with Crippen molar-refractivity contribution in [3.8, 4) is 16.6 Å². The zero-order chi connectivity index (χ0) is 16.2. The Bertz CT molecular complexity index is 786. The van der Waals surface area contributed by atoms with Gasteiger partial charge in [-0.15, -0.1) is 0 Å². The van der Waals surface area contributed by atoms with Gasteiger partial charge in [0.1, 0.15) is 12.3 Å². The second-order valence-electron chi connectivity index (χ2n) is 5.19. The fourth-order valence-corrected chi connectivity index (χ4v) is 2.96. The molecule has 3 aromatic rings. The van der Waals surface area contributed by atoms with Gasteiger partial charge in [0.2, 0.25) is 0 Å². The zero-order valence-electron chi connectivity index (χ0n) is 13.1. The van der Waals surface area contributed by atoms with E-state index in [1.165, 1.54) is 11.3 Å². The van der Waals surface area contributed by atoms with Crippen LogP contribution in [0.15, 0.2) is 48.0 Å². The molecule has 0 aliphatic carbocycles. The lowest BCUT2D eigenvalue weighted by atomic mass is 10.1. The SMILES string of the molecule is Cc1cccc(N(C)N)c1COc1nc(-c2ccccn2)cs1. The van der Waals surface area contributed by atoms with Gasteiger partial charge < -0.3 is 9.75 Å². The first-order valence-corrected chi connectivity index (χ1v) is 8.10. The molecule has 0 saturated heterocycles. The first kappa shape index (κ1) is 15.5. The molecule has 0 bridgehead atoms. The van der Waals surface area contributed by atoms with Gasteiger partial charge >= 0.3 is 0 Å². The molecule has 118 valence electrons. The normalized spacial score (nSPS) is 10.6. The van der Waals surface area contributed by atoms with E-state index in [1.54, 1.807) is 11.2 Å². The van der Waals surface area contributed by atoms with Crippen LogP contribution < -0.4 is 15.6 Å². The van der Waals surface area contributed by atoms with Crippen molar-refractivity contribution in [2.75, 3.05) is 12.1 Å². The van der Waals surface area contributed by atoms with E-state index in [0.717, 1.165) is 28.2 Å². The summed E-state index contributed by atoms with van der Waals surface area (Å²) >= 11 is 1.47. The molecular formula is C17H18N4OS. The predicted molar refractivity (Wildman–Crippen MR) is 93.4 cm³/mol. The van der Waals surface area contributed by atoms with Crippen LogP contribution in [0.1, 0.15) is 11.1 Å². The highest BCUT2D eigenvalue weighted by Gasteiger charge is 2.11. The Morgan fingerprint density at radius 1 is 1.17 bits per heavy atom. The lowest BCUT2D eigenvalue weighted by Gasteiger charge is -2.18. The van der Waals surface area contributed by atoms with E-state index < -0.39 is 0 Å². The summed E-state index contributed by atoms with van der Waals surface area (Å²) in [5.74, 6) is 5.89. The minimum absolute atomic E-state index is 0.429. The fourth-order valence-electron chi connectivity index (χ4n) is 2.29. The van der Waals surface area contributed by atoms with Gasteiger partial charge in [0, 0.05) is 24.2 Å².